The molecule has 1 aliphatic rings. The minimum atomic E-state index is -0.179. The number of aromatic nitrogens is 2. The van der Waals surface area contributed by atoms with Crippen molar-refractivity contribution in [3.05, 3.63) is 82.4 Å². The van der Waals surface area contributed by atoms with Gasteiger partial charge in [0.05, 0.1) is 34.4 Å². The van der Waals surface area contributed by atoms with Gasteiger partial charge in [-0.05, 0) is 30.7 Å². The third kappa shape index (κ3) is 3.37. The lowest BCUT2D eigenvalue weighted by atomic mass is 9.87. The zero-order valence-electron chi connectivity index (χ0n) is 17.5. The molecule has 0 amide bonds. The molecule has 2 N–H and O–H groups in total. The van der Waals surface area contributed by atoms with Crippen molar-refractivity contribution in [3.8, 4) is 17.0 Å². The second-order valence-corrected chi connectivity index (χ2v) is 8.15. The van der Waals surface area contributed by atoms with E-state index in [1.54, 1.807) is 12.1 Å². The number of ether oxygens (including phenoxy) is 1. The highest BCUT2D eigenvalue weighted by Crippen LogP contribution is 2.45. The van der Waals surface area contributed by atoms with Crippen molar-refractivity contribution in [2.45, 2.75) is 19.7 Å². The summed E-state index contributed by atoms with van der Waals surface area (Å²) >= 11 is 6.52. The first-order valence-electron chi connectivity index (χ1n) is 10.5. The van der Waals surface area contributed by atoms with Crippen LogP contribution in [-0.4, -0.2) is 33.8 Å². The molecule has 0 fully saturated rings. The topological polar surface area (TPSA) is 76.4 Å². The molecule has 1 atom stereocenters. The molecule has 1 unspecified atom stereocenters. The molecule has 1 aliphatic carbocycles. The van der Waals surface area contributed by atoms with E-state index >= 15 is 0 Å². The lowest BCUT2D eigenvalue weighted by molar-refractivity contribution is 0.103. The largest absolute Gasteiger partial charge is 0.488 e. The Morgan fingerprint density at radius 1 is 1.09 bits per heavy atom. The number of aliphatic hydroxyl groups is 1. The van der Waals surface area contributed by atoms with Crippen molar-refractivity contribution in [1.82, 2.24) is 15.1 Å². The predicted octanol–water partition coefficient (Wildman–Crippen LogP) is 4.58. The number of carbonyl (C=O) groups is 1. The molecule has 1 heterocycles. The molecule has 0 bridgehead atoms. The van der Waals surface area contributed by atoms with E-state index in [1.807, 2.05) is 60.1 Å². The summed E-state index contributed by atoms with van der Waals surface area (Å²) < 4.78 is 7.91. The fourth-order valence-corrected chi connectivity index (χ4v) is 4.46. The highest BCUT2D eigenvalue weighted by molar-refractivity contribution is 6.39. The van der Waals surface area contributed by atoms with Crippen molar-refractivity contribution in [1.29, 1.82) is 0 Å². The molecule has 5 rings (SSSR count). The van der Waals surface area contributed by atoms with Gasteiger partial charge in [-0.15, -0.1) is 0 Å². The van der Waals surface area contributed by atoms with Gasteiger partial charge in [-0.2, -0.15) is 5.10 Å². The minimum Gasteiger partial charge on any atom is -0.488 e. The Kier molecular flexibility index (Phi) is 5.43. The quantitative estimate of drug-likeness (QED) is 0.382. The molecule has 7 heteroatoms. The van der Waals surface area contributed by atoms with Crippen LogP contribution in [0.2, 0.25) is 5.02 Å². The summed E-state index contributed by atoms with van der Waals surface area (Å²) in [5.41, 5.74) is 4.19. The smallest absolute Gasteiger partial charge is 0.199 e. The molecule has 4 aromatic rings. The van der Waals surface area contributed by atoms with Crippen LogP contribution in [0, 0.1) is 0 Å². The zero-order valence-corrected chi connectivity index (χ0v) is 18.3. The van der Waals surface area contributed by atoms with Gasteiger partial charge < -0.3 is 9.84 Å². The van der Waals surface area contributed by atoms with Crippen molar-refractivity contribution < 1.29 is 14.6 Å². The molecular weight excluding hydrogens is 426 g/mol. The number of hydrogen-bond acceptors (Lipinski definition) is 5. The number of hydrogen-bond donors (Lipinski definition) is 2. The average molecular weight is 448 g/mol. The van der Waals surface area contributed by atoms with Crippen LogP contribution in [0.1, 0.15) is 34.6 Å². The number of benzene rings is 3. The van der Waals surface area contributed by atoms with Gasteiger partial charge in [0.25, 0.3) is 0 Å². The maximum absolute atomic E-state index is 13.6. The Labute approximate surface area is 190 Å². The van der Waals surface area contributed by atoms with Crippen molar-refractivity contribution >= 4 is 28.3 Å². The third-order valence-corrected chi connectivity index (χ3v) is 6.03. The van der Waals surface area contributed by atoms with E-state index in [-0.39, 0.29) is 18.6 Å². The molecule has 1 aromatic heterocycles. The van der Waals surface area contributed by atoms with Gasteiger partial charge in [0.2, 0.25) is 0 Å². The van der Waals surface area contributed by atoms with E-state index in [0.29, 0.717) is 40.7 Å². The van der Waals surface area contributed by atoms with Crippen molar-refractivity contribution in [3.63, 3.8) is 0 Å². The lowest BCUT2D eigenvalue weighted by Crippen LogP contribution is -2.27. The fraction of sp³-hybridized carbons (Fsp3) is 0.200. The second-order valence-electron chi connectivity index (χ2n) is 7.75. The normalized spacial score (nSPS) is 13.3. The van der Waals surface area contributed by atoms with Crippen LogP contribution in [-0.2, 0) is 6.61 Å². The highest BCUT2D eigenvalue weighted by Gasteiger charge is 2.33. The third-order valence-electron chi connectivity index (χ3n) is 5.71. The summed E-state index contributed by atoms with van der Waals surface area (Å²) in [4.78, 5) is 13.6. The molecule has 3 aromatic carbocycles. The minimum absolute atomic E-state index is 0.0247. The van der Waals surface area contributed by atoms with Gasteiger partial charge in [-0.3, -0.25) is 10.1 Å². The molecule has 32 heavy (non-hydrogen) atoms. The number of nitrogens with zero attached hydrogens (tertiary/aromatic N) is 2. The number of aliphatic hydroxyl groups excluding tert-OH is 1. The molecule has 0 spiro atoms. The summed E-state index contributed by atoms with van der Waals surface area (Å²) in [7, 11) is 0. The van der Waals surface area contributed by atoms with Crippen LogP contribution in [0.4, 0.5) is 0 Å². The SMILES string of the molecule is CC(NCCO)n1nc2c3c(c(Cl)ccc31)C(=O)c1c(OCc3ccccc3)cccc1-2. The Morgan fingerprint density at radius 3 is 2.69 bits per heavy atom. The van der Waals surface area contributed by atoms with Gasteiger partial charge in [-0.1, -0.05) is 54.1 Å². The molecule has 162 valence electrons. The van der Waals surface area contributed by atoms with E-state index in [9.17, 15) is 9.90 Å². The Morgan fingerprint density at radius 2 is 1.91 bits per heavy atom. The van der Waals surface area contributed by atoms with Gasteiger partial charge in [0.1, 0.15) is 18.1 Å². The van der Waals surface area contributed by atoms with Crippen molar-refractivity contribution in [2.75, 3.05) is 13.2 Å². The highest BCUT2D eigenvalue weighted by atomic mass is 35.5. The van der Waals surface area contributed by atoms with Gasteiger partial charge >= 0.3 is 0 Å². The molecular formula is C25H22ClN3O3. The van der Waals surface area contributed by atoms with E-state index in [2.05, 4.69) is 5.32 Å². The van der Waals surface area contributed by atoms with Gasteiger partial charge in [0.15, 0.2) is 5.78 Å². The van der Waals surface area contributed by atoms with E-state index < -0.39 is 0 Å². The molecule has 0 radical (unpaired) electrons. The molecule has 0 saturated heterocycles. The van der Waals surface area contributed by atoms with Crippen LogP contribution in [0.25, 0.3) is 22.2 Å². The Bertz CT molecular complexity index is 1320. The molecule has 0 aliphatic heterocycles. The van der Waals surface area contributed by atoms with Crippen LogP contribution in [0.15, 0.2) is 60.7 Å². The Balaban J connectivity index is 1.64. The van der Waals surface area contributed by atoms with Crippen LogP contribution >= 0.6 is 11.6 Å². The summed E-state index contributed by atoms with van der Waals surface area (Å²) in [5, 5.41) is 18.4. The van der Waals surface area contributed by atoms with E-state index in [4.69, 9.17) is 21.4 Å². The number of rotatable bonds is 7. The first-order chi connectivity index (χ1) is 15.6. The summed E-state index contributed by atoms with van der Waals surface area (Å²) in [6, 6.07) is 19.0. The summed E-state index contributed by atoms with van der Waals surface area (Å²) in [6.07, 6.45) is -0.179. The summed E-state index contributed by atoms with van der Waals surface area (Å²) in [5.74, 6) is 0.346. The predicted molar refractivity (Wildman–Crippen MR) is 124 cm³/mol. The number of carbonyl (C=O) groups excluding carboxylic acids is 1. The van der Waals surface area contributed by atoms with E-state index in [0.717, 1.165) is 22.0 Å². The first kappa shape index (κ1) is 20.7. The maximum atomic E-state index is 13.6. The fourth-order valence-electron chi connectivity index (χ4n) is 4.22. The summed E-state index contributed by atoms with van der Waals surface area (Å²) in [6.45, 7) is 2.77. The second kappa shape index (κ2) is 8.39. The average Bonchev–Trinajstić information content (AvgIpc) is 3.21. The molecule has 6 nitrogen and oxygen atoms in total. The van der Waals surface area contributed by atoms with Crippen LogP contribution in [0.3, 0.4) is 0 Å². The number of halogens is 1. The maximum Gasteiger partial charge on any atom is 0.199 e. The van der Waals surface area contributed by atoms with E-state index in [1.165, 1.54) is 0 Å². The van der Waals surface area contributed by atoms with Crippen LogP contribution in [0.5, 0.6) is 5.75 Å². The zero-order chi connectivity index (χ0) is 22.2. The van der Waals surface area contributed by atoms with Crippen LogP contribution < -0.4 is 10.1 Å². The monoisotopic (exact) mass is 447 g/mol. The van der Waals surface area contributed by atoms with Crippen molar-refractivity contribution in [2.24, 2.45) is 0 Å². The number of ketones is 1. The first-order valence-corrected chi connectivity index (χ1v) is 10.9. The van der Waals surface area contributed by atoms with Gasteiger partial charge in [0, 0.05) is 17.5 Å². The molecule has 0 saturated carbocycles. The van der Waals surface area contributed by atoms with Gasteiger partial charge in [-0.25, -0.2) is 4.68 Å². The lowest BCUT2D eigenvalue weighted by Gasteiger charge is -2.19. The Hall–Kier alpha value is -3.19. The standard InChI is InChI=1S/C25H22ClN3O3/c1-15(27-12-13-30)29-19-11-10-18(26)22-23(19)24(28-29)17-8-5-9-20(21(17)25(22)31)32-14-16-6-3-2-4-7-16/h2-11,15,27,30H,12-14H2,1H3. The number of fused-ring (bicyclic) bond motifs is 2. The number of nitrogens with one attached hydrogen (secondary N) is 1.